The Morgan fingerprint density at radius 1 is 0.857 bits per heavy atom. The zero-order chi connectivity index (χ0) is 9.99. The van der Waals surface area contributed by atoms with Gasteiger partial charge in [0.15, 0.2) is 0 Å². The topological polar surface area (TPSA) is 150 Å². The van der Waals surface area contributed by atoms with Crippen LogP contribution in [-0.2, 0) is 29.2 Å². The molecule has 0 saturated carbocycles. The fourth-order valence-electron chi connectivity index (χ4n) is 0.181. The minimum atomic E-state index is -5.42. The third-order valence-electron chi connectivity index (χ3n) is 0.340. The molecule has 14 heavy (non-hydrogen) atoms. The van der Waals surface area contributed by atoms with Gasteiger partial charge in [-0.3, -0.25) is 0 Å². The maximum absolute atomic E-state index is 9.87. The summed E-state index contributed by atoms with van der Waals surface area (Å²) in [6.45, 7) is 0. The molecule has 0 unspecified atom stereocenters. The zero-order valence-corrected chi connectivity index (χ0v) is 8.62. The molecule has 0 heterocycles. The van der Waals surface area contributed by atoms with E-state index in [1.807, 2.05) is 0 Å². The van der Waals surface area contributed by atoms with Crippen molar-refractivity contribution in [3.8, 4) is 0 Å². The van der Waals surface area contributed by atoms with Gasteiger partial charge in [0.2, 0.25) is 0 Å². The van der Waals surface area contributed by atoms with Gasteiger partial charge in [-0.25, -0.2) is 21.6 Å². The number of carbonyl (C=O) groups excluding carboxylic acids is 1. The van der Waals surface area contributed by atoms with E-state index in [9.17, 15) is 30.7 Å². The van der Waals surface area contributed by atoms with Crippen molar-refractivity contribution >= 4 is 27.0 Å². The number of carbonyl (C=O) groups is 1. The second kappa shape index (κ2) is 6.71. The summed E-state index contributed by atoms with van der Waals surface area (Å²) in [6.07, 6.45) is -2.42. The van der Waals surface area contributed by atoms with E-state index in [4.69, 9.17) is 0 Å². The second-order valence-electron chi connectivity index (χ2n) is 1.23. The molecule has 0 aliphatic carbocycles. The van der Waals surface area contributed by atoms with Crippen LogP contribution >= 0.6 is 0 Å². The molecular weight excluding hydrogens is 234 g/mol. The molecule has 9 nitrogen and oxygen atoms in total. The SMILES string of the molecule is O=C(OS(=O)(=O)[O-])OS(=O)(=O)[O-].[Li+].[Li+]. The predicted octanol–water partition coefficient (Wildman–Crippen LogP) is -7.93. The first-order valence-corrected chi connectivity index (χ1v) is 4.61. The van der Waals surface area contributed by atoms with Gasteiger partial charge in [0.1, 0.15) is 0 Å². The van der Waals surface area contributed by atoms with Gasteiger partial charge >= 0.3 is 43.9 Å². The van der Waals surface area contributed by atoms with Crippen molar-refractivity contribution in [2.45, 2.75) is 0 Å². The summed E-state index contributed by atoms with van der Waals surface area (Å²) in [5, 5.41) is 0. The van der Waals surface area contributed by atoms with Crippen LogP contribution in [0.5, 0.6) is 0 Å². The Hall–Kier alpha value is 0.285. The molecule has 0 aliphatic heterocycles. The van der Waals surface area contributed by atoms with Crippen LogP contribution in [0.1, 0.15) is 0 Å². The Kier molecular flexibility index (Phi) is 9.49. The Labute approximate surface area is 103 Å². The van der Waals surface area contributed by atoms with Crippen molar-refractivity contribution < 1.29 is 76.8 Å². The van der Waals surface area contributed by atoms with Crippen LogP contribution in [0, 0.1) is 0 Å². The maximum atomic E-state index is 9.87. The van der Waals surface area contributed by atoms with E-state index in [0.717, 1.165) is 0 Å². The Morgan fingerprint density at radius 2 is 1.07 bits per heavy atom. The zero-order valence-electron chi connectivity index (χ0n) is 6.99. The Balaban J connectivity index is -0.000000605. The Morgan fingerprint density at radius 3 is 1.21 bits per heavy atom. The average Bonchev–Trinajstić information content (AvgIpc) is 1.49. The summed E-state index contributed by atoms with van der Waals surface area (Å²) < 4.78 is 62.9. The van der Waals surface area contributed by atoms with Crippen LogP contribution in [0.2, 0.25) is 0 Å². The van der Waals surface area contributed by atoms with Crippen molar-refractivity contribution in [1.29, 1.82) is 0 Å². The van der Waals surface area contributed by atoms with Crippen LogP contribution in [-0.4, -0.2) is 32.1 Å². The van der Waals surface area contributed by atoms with Crippen molar-refractivity contribution in [2.75, 3.05) is 0 Å². The third-order valence-corrected chi connectivity index (χ3v) is 1.02. The van der Waals surface area contributed by atoms with E-state index in [-0.39, 0.29) is 37.7 Å². The molecule has 0 saturated heterocycles. The molecule has 0 aromatic heterocycles. The standard InChI is InChI=1S/CH2O9S2.2Li/c2-1(9-11(3,4)5)10-12(6,7)8;;/h(H,3,4,5)(H,6,7,8);;/q;2*+1/p-2. The van der Waals surface area contributed by atoms with Crippen molar-refractivity contribution in [3.63, 3.8) is 0 Å². The molecular formula is CLi2O9S2. The molecule has 0 bridgehead atoms. The van der Waals surface area contributed by atoms with Gasteiger partial charge in [0, 0.05) is 0 Å². The summed E-state index contributed by atoms with van der Waals surface area (Å²) in [4.78, 5) is 9.87. The van der Waals surface area contributed by atoms with E-state index < -0.39 is 27.0 Å². The normalized spacial score (nSPS) is 10.4. The van der Waals surface area contributed by atoms with E-state index in [1.54, 1.807) is 0 Å². The molecule has 0 aromatic carbocycles. The van der Waals surface area contributed by atoms with Crippen molar-refractivity contribution in [1.82, 2.24) is 0 Å². The van der Waals surface area contributed by atoms with Gasteiger partial charge in [0.05, 0.1) is 0 Å². The fourth-order valence-corrected chi connectivity index (χ4v) is 0.625. The fraction of sp³-hybridized carbons (Fsp3) is 0. The van der Waals surface area contributed by atoms with Crippen LogP contribution in [0.25, 0.3) is 0 Å². The number of hydrogen-bond donors (Lipinski definition) is 0. The summed E-state index contributed by atoms with van der Waals surface area (Å²) in [6, 6.07) is 0. The van der Waals surface area contributed by atoms with Crippen LogP contribution in [0.3, 0.4) is 0 Å². The van der Waals surface area contributed by atoms with E-state index in [0.29, 0.717) is 0 Å². The van der Waals surface area contributed by atoms with Crippen LogP contribution in [0.4, 0.5) is 4.79 Å². The third kappa shape index (κ3) is 14.8. The minimum Gasteiger partial charge on any atom is -0.716 e. The molecule has 0 aromatic rings. The van der Waals surface area contributed by atoms with E-state index in [2.05, 4.69) is 8.37 Å². The number of hydrogen-bond acceptors (Lipinski definition) is 9. The maximum Gasteiger partial charge on any atom is 1.00 e. The summed E-state index contributed by atoms with van der Waals surface area (Å²) in [5.41, 5.74) is 0. The van der Waals surface area contributed by atoms with Gasteiger partial charge in [0.25, 0.3) is 20.8 Å². The van der Waals surface area contributed by atoms with Gasteiger partial charge in [-0.15, -0.1) is 0 Å². The molecule has 72 valence electrons. The Bertz CT molecular complexity index is 328. The molecule has 13 heteroatoms. The summed E-state index contributed by atoms with van der Waals surface area (Å²) in [5.74, 6) is 0. The summed E-state index contributed by atoms with van der Waals surface area (Å²) >= 11 is 0. The van der Waals surface area contributed by atoms with Gasteiger partial charge < -0.3 is 17.5 Å². The van der Waals surface area contributed by atoms with Gasteiger partial charge in [-0.1, -0.05) is 0 Å². The van der Waals surface area contributed by atoms with Gasteiger partial charge in [-0.2, -0.15) is 0 Å². The summed E-state index contributed by atoms with van der Waals surface area (Å²) in [7, 11) is -10.8. The smallest absolute Gasteiger partial charge is 0.716 e. The van der Waals surface area contributed by atoms with Crippen LogP contribution < -0.4 is 37.7 Å². The van der Waals surface area contributed by atoms with E-state index in [1.165, 1.54) is 0 Å². The van der Waals surface area contributed by atoms with Crippen LogP contribution in [0.15, 0.2) is 0 Å². The first-order chi connectivity index (χ1) is 5.10. The van der Waals surface area contributed by atoms with Crippen molar-refractivity contribution in [2.24, 2.45) is 0 Å². The number of rotatable bonds is 2. The molecule has 0 fully saturated rings. The average molecular weight is 234 g/mol. The first kappa shape index (κ1) is 19.8. The van der Waals surface area contributed by atoms with Gasteiger partial charge in [-0.05, 0) is 0 Å². The molecule has 0 atom stereocenters. The molecule has 0 rings (SSSR count). The minimum absolute atomic E-state index is 0. The largest absolute Gasteiger partial charge is 1.00 e. The predicted molar refractivity (Wildman–Crippen MR) is 27.0 cm³/mol. The molecule has 0 spiro atoms. The molecule has 0 N–H and O–H groups in total. The van der Waals surface area contributed by atoms with E-state index >= 15 is 0 Å². The first-order valence-electron chi connectivity index (χ1n) is 1.95. The molecule has 0 radical (unpaired) electrons. The monoisotopic (exact) mass is 234 g/mol. The molecule has 0 amide bonds. The second-order valence-corrected chi connectivity index (χ2v) is 3.20. The molecule has 0 aliphatic rings. The van der Waals surface area contributed by atoms with Crippen molar-refractivity contribution in [3.05, 3.63) is 0 Å². The quantitative estimate of drug-likeness (QED) is 0.257.